The minimum absolute atomic E-state index is 0. The van der Waals surface area contributed by atoms with Gasteiger partial charge >= 0.3 is 0 Å². The van der Waals surface area contributed by atoms with Gasteiger partial charge in [0.25, 0.3) is 5.91 Å². The Balaban J connectivity index is 0.00000193. The number of rotatable bonds is 4. The van der Waals surface area contributed by atoms with Crippen LogP contribution < -0.4 is 10.6 Å². The van der Waals surface area contributed by atoms with Gasteiger partial charge in [0.1, 0.15) is 17.3 Å². The molecule has 1 saturated heterocycles. The number of benzene rings is 1. The maximum absolute atomic E-state index is 13.0. The Hall–Kier alpha value is -3.74. The van der Waals surface area contributed by atoms with E-state index in [1.165, 1.54) is 0 Å². The molecule has 0 atom stereocenters. The smallest absolute Gasteiger partial charge is 0.254 e. The lowest BCUT2D eigenvalue weighted by molar-refractivity contribution is 0.0766. The molecule has 7 heteroatoms. The molecule has 0 unspecified atom stereocenters. The van der Waals surface area contributed by atoms with Crippen LogP contribution in [0.3, 0.4) is 0 Å². The van der Waals surface area contributed by atoms with Crippen LogP contribution in [0.25, 0.3) is 0 Å². The monoisotopic (exact) mass is 419 g/mol. The Labute approximate surface area is 184 Å². The first kappa shape index (κ1) is 20.5. The number of hydrogen-bond acceptors (Lipinski definition) is 6. The molecule has 2 aromatic heterocycles. The lowest BCUT2D eigenvalue weighted by Gasteiger charge is -2.23. The van der Waals surface area contributed by atoms with Gasteiger partial charge in [-0.05, 0) is 49.2 Å². The van der Waals surface area contributed by atoms with Crippen LogP contribution in [0.4, 0.5) is 11.6 Å². The van der Waals surface area contributed by atoms with Crippen molar-refractivity contribution in [1.29, 1.82) is 0 Å². The molecule has 0 saturated carbocycles. The normalized spacial score (nSPS) is 14.2. The Morgan fingerprint density at radius 2 is 1.74 bits per heavy atom. The highest BCUT2D eigenvalue weighted by Crippen LogP contribution is 2.19. The molecule has 1 amide bonds. The summed E-state index contributed by atoms with van der Waals surface area (Å²) in [5, 5.41) is 0. The fourth-order valence-corrected chi connectivity index (χ4v) is 3.81. The van der Waals surface area contributed by atoms with Crippen LogP contribution in [0.15, 0.2) is 60.8 Å². The van der Waals surface area contributed by atoms with E-state index >= 15 is 0 Å². The Morgan fingerprint density at radius 3 is 2.55 bits per heavy atom. The molecule has 1 aliphatic heterocycles. The van der Waals surface area contributed by atoms with Crippen molar-refractivity contribution in [1.82, 2.24) is 14.9 Å². The highest BCUT2D eigenvalue weighted by molar-refractivity contribution is 6.10. The van der Waals surface area contributed by atoms with Crippen molar-refractivity contribution in [3.8, 4) is 0 Å². The number of nitrogens with two attached hydrogens (primary N) is 1. The summed E-state index contributed by atoms with van der Waals surface area (Å²) in [4.78, 5) is 38.4. The van der Waals surface area contributed by atoms with E-state index in [2.05, 4.69) is 14.9 Å². The van der Waals surface area contributed by atoms with Crippen molar-refractivity contribution in [2.45, 2.75) is 13.3 Å². The van der Waals surface area contributed by atoms with Crippen molar-refractivity contribution >= 4 is 23.3 Å². The molecular formula is C24H29N5O2. The first-order valence-corrected chi connectivity index (χ1v) is 10.4. The summed E-state index contributed by atoms with van der Waals surface area (Å²) in [6, 6.07) is 16.4. The molecule has 0 radical (unpaired) electrons. The van der Waals surface area contributed by atoms with E-state index in [9.17, 15) is 9.59 Å². The van der Waals surface area contributed by atoms with Gasteiger partial charge in [0.05, 0.1) is 5.56 Å². The maximum Gasteiger partial charge on any atom is 0.254 e. The maximum atomic E-state index is 13.0. The Kier molecular flexibility index (Phi) is 5.93. The number of pyridine rings is 2. The number of carbonyl (C=O) groups is 2. The van der Waals surface area contributed by atoms with Crippen LogP contribution in [-0.2, 0) is 0 Å². The third-order valence-corrected chi connectivity index (χ3v) is 5.53. The van der Waals surface area contributed by atoms with E-state index in [1.807, 2.05) is 48.2 Å². The molecule has 0 aliphatic carbocycles. The van der Waals surface area contributed by atoms with Gasteiger partial charge in [0.2, 0.25) is 5.78 Å². The van der Waals surface area contributed by atoms with Gasteiger partial charge in [-0.3, -0.25) is 9.59 Å². The van der Waals surface area contributed by atoms with Gasteiger partial charge < -0.3 is 15.5 Å². The van der Waals surface area contributed by atoms with Crippen LogP contribution in [0.1, 0.15) is 41.2 Å². The number of nitrogen functional groups attached to an aromatic ring is 1. The lowest BCUT2D eigenvalue weighted by atomic mass is 10.1. The first-order chi connectivity index (χ1) is 15.0. The quantitative estimate of drug-likeness (QED) is 0.651. The summed E-state index contributed by atoms with van der Waals surface area (Å²) in [6.07, 6.45) is 2.38. The third-order valence-electron chi connectivity index (χ3n) is 5.53. The van der Waals surface area contributed by atoms with Crippen LogP contribution >= 0.6 is 0 Å². The second kappa shape index (κ2) is 8.95. The van der Waals surface area contributed by atoms with Crippen molar-refractivity contribution in [2.75, 3.05) is 36.8 Å². The zero-order chi connectivity index (χ0) is 21.8. The molecule has 1 fully saturated rings. The van der Waals surface area contributed by atoms with Crippen molar-refractivity contribution < 1.29 is 12.4 Å². The van der Waals surface area contributed by atoms with Gasteiger partial charge in [0, 0.05) is 40.8 Å². The van der Waals surface area contributed by atoms with Crippen molar-refractivity contribution in [2.24, 2.45) is 0 Å². The van der Waals surface area contributed by atoms with Crippen LogP contribution in [-0.4, -0.2) is 52.7 Å². The molecule has 162 valence electrons. The average Bonchev–Trinajstić information content (AvgIpc) is 3.05. The molecule has 0 spiro atoms. The van der Waals surface area contributed by atoms with Gasteiger partial charge in [-0.2, -0.15) is 0 Å². The van der Waals surface area contributed by atoms with Gasteiger partial charge in [-0.25, -0.2) is 9.97 Å². The number of ketones is 1. The second-order valence-corrected chi connectivity index (χ2v) is 7.59. The fraction of sp³-hybridized carbons (Fsp3) is 0.250. The minimum Gasteiger partial charge on any atom is -0.383 e. The SMILES string of the molecule is Cc1ccccc1C(=O)N1CCCN(c2cccc(C(=O)c3cccnc3N)n2)CC1.[HH].[HH]. The van der Waals surface area contributed by atoms with E-state index < -0.39 is 0 Å². The largest absolute Gasteiger partial charge is 0.383 e. The molecule has 3 aromatic rings. The summed E-state index contributed by atoms with van der Waals surface area (Å²) < 4.78 is 0. The lowest BCUT2D eigenvalue weighted by Crippen LogP contribution is -2.35. The van der Waals surface area contributed by atoms with Gasteiger partial charge in [-0.15, -0.1) is 0 Å². The molecule has 1 aliphatic rings. The standard InChI is InChI=1S/C24H25N5O2.2H2/c1-17-7-2-3-8-18(17)24(31)29-14-6-13-28(15-16-29)21-11-4-10-20(27-21)22(30)19-9-5-12-26-23(19)25;;/h2-5,7-12H,6,13-16H2,1H3,(H2,25,26);2*1H. The molecule has 7 nitrogen and oxygen atoms in total. The predicted molar refractivity (Wildman–Crippen MR) is 124 cm³/mol. The van der Waals surface area contributed by atoms with E-state index in [1.54, 1.807) is 24.4 Å². The number of amides is 1. The molecular weight excluding hydrogens is 390 g/mol. The fourth-order valence-electron chi connectivity index (χ4n) is 3.81. The second-order valence-electron chi connectivity index (χ2n) is 7.59. The van der Waals surface area contributed by atoms with Crippen LogP contribution in [0.2, 0.25) is 0 Å². The number of hydrogen-bond donors (Lipinski definition) is 1. The van der Waals surface area contributed by atoms with Crippen LogP contribution in [0, 0.1) is 6.92 Å². The number of carbonyl (C=O) groups excluding carboxylic acids is 2. The topological polar surface area (TPSA) is 92.4 Å². The number of nitrogens with zero attached hydrogens (tertiary/aromatic N) is 4. The first-order valence-electron chi connectivity index (χ1n) is 10.4. The van der Waals surface area contributed by atoms with Crippen molar-refractivity contribution in [3.63, 3.8) is 0 Å². The zero-order valence-corrected chi connectivity index (χ0v) is 17.5. The Bertz CT molecular complexity index is 1130. The molecule has 1 aromatic carbocycles. The summed E-state index contributed by atoms with van der Waals surface area (Å²) in [5.74, 6) is 0.723. The van der Waals surface area contributed by atoms with Crippen LogP contribution in [0.5, 0.6) is 0 Å². The number of anilines is 2. The predicted octanol–water partition coefficient (Wildman–Crippen LogP) is 3.44. The van der Waals surface area contributed by atoms with E-state index in [0.717, 1.165) is 29.9 Å². The highest BCUT2D eigenvalue weighted by atomic mass is 16.2. The number of aromatic nitrogens is 2. The summed E-state index contributed by atoms with van der Waals surface area (Å²) in [7, 11) is 0. The molecule has 4 rings (SSSR count). The van der Waals surface area contributed by atoms with Crippen molar-refractivity contribution in [3.05, 3.63) is 83.2 Å². The molecule has 2 N–H and O–H groups in total. The highest BCUT2D eigenvalue weighted by Gasteiger charge is 2.23. The Morgan fingerprint density at radius 1 is 0.935 bits per heavy atom. The third kappa shape index (κ3) is 4.40. The summed E-state index contributed by atoms with van der Waals surface area (Å²) >= 11 is 0. The van der Waals surface area contributed by atoms with Gasteiger partial charge in [0.15, 0.2) is 0 Å². The zero-order valence-electron chi connectivity index (χ0n) is 17.5. The summed E-state index contributed by atoms with van der Waals surface area (Å²) in [6.45, 7) is 4.66. The van der Waals surface area contributed by atoms with E-state index in [0.29, 0.717) is 30.9 Å². The number of aryl methyl sites for hydroxylation is 1. The molecule has 0 bridgehead atoms. The minimum atomic E-state index is -0.251. The van der Waals surface area contributed by atoms with E-state index in [-0.39, 0.29) is 20.4 Å². The molecule has 3 heterocycles. The summed E-state index contributed by atoms with van der Waals surface area (Å²) in [5.41, 5.74) is 8.26. The molecule has 31 heavy (non-hydrogen) atoms. The van der Waals surface area contributed by atoms with E-state index in [4.69, 9.17) is 5.73 Å². The average molecular weight is 420 g/mol. The van der Waals surface area contributed by atoms with Gasteiger partial charge in [-0.1, -0.05) is 24.3 Å².